The number of ether oxygens (including phenoxy) is 4. The van der Waals surface area contributed by atoms with Crippen LogP contribution in [0.3, 0.4) is 0 Å². The second-order valence-corrected chi connectivity index (χ2v) is 5.56. The Morgan fingerprint density at radius 2 is 1.56 bits per heavy atom. The Morgan fingerprint density at radius 1 is 0.926 bits per heavy atom. The number of nitrogens with one attached hydrogen (secondary N) is 1. The molecule has 0 aliphatic rings. The van der Waals surface area contributed by atoms with E-state index < -0.39 is 11.9 Å². The lowest BCUT2D eigenvalue weighted by molar-refractivity contribution is -0.118. The third kappa shape index (κ3) is 5.91. The molecule has 2 rings (SSSR count). The highest BCUT2D eigenvalue weighted by Gasteiger charge is 2.15. The van der Waals surface area contributed by atoms with E-state index in [1.165, 1.54) is 20.3 Å². The maximum Gasteiger partial charge on any atom is 0.340 e. The van der Waals surface area contributed by atoms with E-state index in [4.69, 9.17) is 18.9 Å². The van der Waals surface area contributed by atoms with Crippen LogP contribution in [0.1, 0.15) is 23.7 Å². The first kappa shape index (κ1) is 20.1. The first-order valence-corrected chi connectivity index (χ1v) is 8.49. The summed E-state index contributed by atoms with van der Waals surface area (Å²) < 4.78 is 20.8. The molecule has 1 N–H and O–H groups in total. The van der Waals surface area contributed by atoms with Gasteiger partial charge in [-0.1, -0.05) is 6.92 Å². The minimum Gasteiger partial charge on any atom is -0.497 e. The number of amides is 1. The molecular weight excluding hydrogens is 350 g/mol. The summed E-state index contributed by atoms with van der Waals surface area (Å²) >= 11 is 0. The van der Waals surface area contributed by atoms with E-state index in [1.54, 1.807) is 36.4 Å². The number of hydrogen-bond acceptors (Lipinski definition) is 6. The molecule has 0 radical (unpaired) electrons. The molecule has 0 saturated carbocycles. The summed E-state index contributed by atoms with van der Waals surface area (Å²) in [6, 6.07) is 11.7. The summed E-state index contributed by atoms with van der Waals surface area (Å²) in [6.45, 7) is 2.47. The third-order valence-corrected chi connectivity index (χ3v) is 3.57. The third-order valence-electron chi connectivity index (χ3n) is 3.57. The molecule has 0 unspecified atom stereocenters. The Bertz CT molecular complexity index is 773. The van der Waals surface area contributed by atoms with Gasteiger partial charge in [0.2, 0.25) is 0 Å². The van der Waals surface area contributed by atoms with Gasteiger partial charge >= 0.3 is 5.97 Å². The largest absolute Gasteiger partial charge is 0.497 e. The molecule has 2 aromatic rings. The normalized spacial score (nSPS) is 10.0. The highest BCUT2D eigenvalue weighted by molar-refractivity contribution is 6.02. The molecule has 0 heterocycles. The van der Waals surface area contributed by atoms with Crippen molar-refractivity contribution in [3.8, 4) is 17.2 Å². The number of methoxy groups -OCH3 is 2. The Hall–Kier alpha value is -3.22. The minimum atomic E-state index is -0.576. The quantitative estimate of drug-likeness (QED) is 0.679. The van der Waals surface area contributed by atoms with Crippen molar-refractivity contribution >= 4 is 17.6 Å². The van der Waals surface area contributed by atoms with Crippen molar-refractivity contribution in [1.82, 2.24) is 0 Å². The number of hydrogen-bond donors (Lipinski definition) is 1. The molecule has 7 heteroatoms. The summed E-state index contributed by atoms with van der Waals surface area (Å²) in [5.41, 5.74) is 0.516. The van der Waals surface area contributed by atoms with Gasteiger partial charge in [0, 0.05) is 0 Å². The molecule has 144 valence electrons. The molecule has 0 aromatic heterocycles. The zero-order valence-electron chi connectivity index (χ0n) is 15.6. The van der Waals surface area contributed by atoms with Crippen molar-refractivity contribution in [1.29, 1.82) is 0 Å². The molecule has 0 atom stereocenters. The zero-order valence-corrected chi connectivity index (χ0v) is 15.6. The molecule has 1 amide bonds. The van der Waals surface area contributed by atoms with Gasteiger partial charge in [-0.25, -0.2) is 4.79 Å². The number of carbonyl (C=O) groups is 2. The maximum atomic E-state index is 12.2. The summed E-state index contributed by atoms with van der Waals surface area (Å²) in [5, 5.41) is 2.64. The predicted octanol–water partition coefficient (Wildman–Crippen LogP) is 3.29. The number of rotatable bonds is 9. The molecule has 0 spiro atoms. The first-order chi connectivity index (χ1) is 13.1. The van der Waals surface area contributed by atoms with Crippen molar-refractivity contribution in [2.75, 3.05) is 32.8 Å². The lowest BCUT2D eigenvalue weighted by atomic mass is 10.1. The molecule has 7 nitrogen and oxygen atoms in total. The summed E-state index contributed by atoms with van der Waals surface area (Å²) in [4.78, 5) is 24.1. The number of anilines is 1. The average molecular weight is 373 g/mol. The summed E-state index contributed by atoms with van der Waals surface area (Å²) in [7, 11) is 2.76. The summed E-state index contributed by atoms with van der Waals surface area (Å²) in [6.07, 6.45) is 0.928. The predicted molar refractivity (Wildman–Crippen MR) is 101 cm³/mol. The van der Waals surface area contributed by atoms with Gasteiger partial charge in [0.1, 0.15) is 17.2 Å². The molecule has 0 saturated heterocycles. The molecule has 2 aromatic carbocycles. The fourth-order valence-corrected chi connectivity index (χ4v) is 2.23. The van der Waals surface area contributed by atoms with E-state index >= 15 is 0 Å². The van der Waals surface area contributed by atoms with Crippen molar-refractivity contribution < 1.29 is 28.5 Å². The van der Waals surface area contributed by atoms with Gasteiger partial charge in [0.25, 0.3) is 5.91 Å². The van der Waals surface area contributed by atoms with Gasteiger partial charge in [-0.2, -0.15) is 0 Å². The van der Waals surface area contributed by atoms with E-state index in [0.717, 1.165) is 12.2 Å². The van der Waals surface area contributed by atoms with Crippen LogP contribution < -0.4 is 19.5 Å². The lowest BCUT2D eigenvalue weighted by Gasteiger charge is -2.12. The van der Waals surface area contributed by atoms with Gasteiger partial charge < -0.3 is 24.3 Å². The van der Waals surface area contributed by atoms with Crippen molar-refractivity contribution in [3.63, 3.8) is 0 Å². The Balaban J connectivity index is 1.96. The van der Waals surface area contributed by atoms with Crippen LogP contribution in [0.15, 0.2) is 42.5 Å². The van der Waals surface area contributed by atoms with E-state index in [0.29, 0.717) is 23.8 Å². The van der Waals surface area contributed by atoms with Crippen LogP contribution in [-0.2, 0) is 9.53 Å². The van der Waals surface area contributed by atoms with Gasteiger partial charge in [0.05, 0.1) is 32.1 Å². The lowest BCUT2D eigenvalue weighted by Crippen LogP contribution is -2.21. The number of benzene rings is 2. The van der Waals surface area contributed by atoms with Crippen LogP contribution in [-0.4, -0.2) is 39.3 Å². The van der Waals surface area contributed by atoms with Crippen LogP contribution in [0.4, 0.5) is 5.69 Å². The highest BCUT2D eigenvalue weighted by atomic mass is 16.5. The van der Waals surface area contributed by atoms with Gasteiger partial charge in [-0.05, 0) is 48.9 Å². The monoisotopic (exact) mass is 373 g/mol. The van der Waals surface area contributed by atoms with Gasteiger partial charge in [-0.3, -0.25) is 4.79 Å². The van der Waals surface area contributed by atoms with E-state index in [9.17, 15) is 9.59 Å². The van der Waals surface area contributed by atoms with Gasteiger partial charge in [-0.15, -0.1) is 0 Å². The standard InChI is InChI=1S/C20H23NO6/c1-4-11-26-14-5-7-15(8-6-14)27-13-19(22)21-18-10-9-16(24-2)12-17(18)20(23)25-3/h5-10,12H,4,11,13H2,1-3H3,(H,21,22). The molecule has 0 aliphatic carbocycles. The van der Waals surface area contributed by atoms with Crippen LogP contribution in [0, 0.1) is 0 Å². The fraction of sp³-hybridized carbons (Fsp3) is 0.300. The average Bonchev–Trinajstić information content (AvgIpc) is 2.71. The van der Waals surface area contributed by atoms with E-state index in [2.05, 4.69) is 5.32 Å². The van der Waals surface area contributed by atoms with Gasteiger partial charge in [0.15, 0.2) is 6.61 Å². The SMILES string of the molecule is CCCOc1ccc(OCC(=O)Nc2ccc(OC)cc2C(=O)OC)cc1. The van der Waals surface area contributed by atoms with Crippen LogP contribution in [0.25, 0.3) is 0 Å². The number of esters is 1. The maximum absolute atomic E-state index is 12.2. The second kappa shape index (κ2) is 10.1. The summed E-state index contributed by atoms with van der Waals surface area (Å²) in [5.74, 6) is 0.783. The van der Waals surface area contributed by atoms with Crippen LogP contribution in [0.2, 0.25) is 0 Å². The smallest absolute Gasteiger partial charge is 0.340 e. The fourth-order valence-electron chi connectivity index (χ4n) is 2.23. The molecule has 27 heavy (non-hydrogen) atoms. The molecule has 0 bridgehead atoms. The van der Waals surface area contributed by atoms with Crippen LogP contribution in [0.5, 0.6) is 17.2 Å². The van der Waals surface area contributed by atoms with Crippen LogP contribution >= 0.6 is 0 Å². The molecular formula is C20H23NO6. The Morgan fingerprint density at radius 3 is 2.15 bits per heavy atom. The second-order valence-electron chi connectivity index (χ2n) is 5.56. The minimum absolute atomic E-state index is 0.197. The van der Waals surface area contributed by atoms with E-state index in [-0.39, 0.29) is 12.2 Å². The zero-order chi connectivity index (χ0) is 19.6. The molecule has 0 aliphatic heterocycles. The number of carbonyl (C=O) groups excluding carboxylic acids is 2. The van der Waals surface area contributed by atoms with Crippen molar-refractivity contribution in [2.24, 2.45) is 0 Å². The Kier molecular flexibility index (Phi) is 7.49. The van der Waals surface area contributed by atoms with E-state index in [1.807, 2.05) is 6.92 Å². The first-order valence-electron chi connectivity index (χ1n) is 8.49. The van der Waals surface area contributed by atoms with Crippen molar-refractivity contribution in [2.45, 2.75) is 13.3 Å². The molecule has 0 fully saturated rings. The topological polar surface area (TPSA) is 83.1 Å². The van der Waals surface area contributed by atoms with Crippen molar-refractivity contribution in [3.05, 3.63) is 48.0 Å². The highest BCUT2D eigenvalue weighted by Crippen LogP contribution is 2.23. The Labute approximate surface area is 158 Å².